The van der Waals surface area contributed by atoms with Crippen molar-refractivity contribution in [3.63, 3.8) is 0 Å². The van der Waals surface area contributed by atoms with Crippen LogP contribution in [0.15, 0.2) is 10.9 Å². The minimum Gasteiger partial charge on any atom is -0.462 e. The Morgan fingerprint density at radius 2 is 2.47 bits per heavy atom. The summed E-state index contributed by atoms with van der Waals surface area (Å²) in [4.78, 5) is 14.9. The van der Waals surface area contributed by atoms with Crippen LogP contribution < -0.4 is 5.32 Å². The van der Waals surface area contributed by atoms with E-state index < -0.39 is 0 Å². The number of aromatic nitrogens is 2. The highest BCUT2D eigenvalue weighted by Crippen LogP contribution is 1.91. The zero-order valence-electron chi connectivity index (χ0n) is 8.90. The van der Waals surface area contributed by atoms with E-state index in [-0.39, 0.29) is 18.6 Å². The Kier molecular flexibility index (Phi) is 4.76. The maximum absolute atomic E-state index is 11.1. The van der Waals surface area contributed by atoms with Crippen LogP contribution in [0.5, 0.6) is 0 Å². The molecule has 0 amide bonds. The summed E-state index contributed by atoms with van der Waals surface area (Å²) >= 11 is 0. The van der Waals surface area contributed by atoms with E-state index in [4.69, 9.17) is 9.26 Å². The Bertz CT molecular complexity index is 285. The molecular weight excluding hydrogens is 198 g/mol. The van der Waals surface area contributed by atoms with Crippen LogP contribution >= 0.6 is 0 Å². The first kappa shape index (κ1) is 11.6. The molecule has 0 spiro atoms. The smallest absolute Gasteiger partial charge is 0.320 e. The topological polar surface area (TPSA) is 77.2 Å². The van der Waals surface area contributed by atoms with Gasteiger partial charge in [0.1, 0.15) is 0 Å². The van der Waals surface area contributed by atoms with E-state index in [9.17, 15) is 4.79 Å². The summed E-state index contributed by atoms with van der Waals surface area (Å²) < 4.78 is 9.72. The van der Waals surface area contributed by atoms with Crippen LogP contribution in [0.2, 0.25) is 0 Å². The maximum atomic E-state index is 11.1. The molecule has 0 aliphatic rings. The third kappa shape index (κ3) is 5.11. The van der Waals surface area contributed by atoms with Gasteiger partial charge in [-0.25, -0.2) is 0 Å². The molecule has 0 unspecified atom stereocenters. The summed E-state index contributed by atoms with van der Waals surface area (Å²) in [5, 5.41) is 6.40. The number of esters is 1. The monoisotopic (exact) mass is 213 g/mol. The molecule has 0 radical (unpaired) electrons. The van der Waals surface area contributed by atoms with Crippen molar-refractivity contribution in [2.45, 2.75) is 26.4 Å². The van der Waals surface area contributed by atoms with Crippen molar-refractivity contribution in [3.05, 3.63) is 12.2 Å². The van der Waals surface area contributed by atoms with Crippen molar-refractivity contribution in [2.75, 3.05) is 13.1 Å². The van der Waals surface area contributed by atoms with Crippen molar-refractivity contribution in [1.29, 1.82) is 0 Å². The van der Waals surface area contributed by atoms with Crippen molar-refractivity contribution >= 4 is 5.97 Å². The Hall–Kier alpha value is -1.43. The van der Waals surface area contributed by atoms with Gasteiger partial charge in [0.15, 0.2) is 6.33 Å². The molecule has 1 heterocycles. The first-order valence-electron chi connectivity index (χ1n) is 4.84. The molecule has 0 fully saturated rings. The highest BCUT2D eigenvalue weighted by Gasteiger charge is 2.04. The third-order valence-electron chi connectivity index (χ3n) is 1.56. The number of hydrogen-bond acceptors (Lipinski definition) is 6. The Balaban J connectivity index is 2.04. The quantitative estimate of drug-likeness (QED) is 0.535. The summed E-state index contributed by atoms with van der Waals surface area (Å²) in [5.41, 5.74) is 0. The second kappa shape index (κ2) is 6.13. The fourth-order valence-electron chi connectivity index (χ4n) is 0.996. The Morgan fingerprint density at radius 1 is 1.67 bits per heavy atom. The van der Waals surface area contributed by atoms with Crippen molar-refractivity contribution < 1.29 is 14.1 Å². The number of hydrogen-bond donors (Lipinski definition) is 1. The lowest BCUT2D eigenvalue weighted by atomic mass is 10.4. The van der Waals surface area contributed by atoms with Crippen LogP contribution in [0, 0.1) is 0 Å². The van der Waals surface area contributed by atoms with Crippen LogP contribution in [0.3, 0.4) is 0 Å². The predicted octanol–water partition coefficient (Wildman–Crippen LogP) is 0.153. The normalized spacial score (nSPS) is 10.6. The van der Waals surface area contributed by atoms with E-state index in [0.717, 1.165) is 0 Å². The van der Waals surface area contributed by atoms with Gasteiger partial charge in [-0.2, -0.15) is 4.98 Å². The van der Waals surface area contributed by atoms with E-state index in [1.165, 1.54) is 6.33 Å². The van der Waals surface area contributed by atoms with E-state index >= 15 is 0 Å². The molecule has 1 rings (SSSR count). The van der Waals surface area contributed by atoms with E-state index in [0.29, 0.717) is 18.9 Å². The van der Waals surface area contributed by atoms with Crippen LogP contribution in [0.25, 0.3) is 0 Å². The number of rotatable bonds is 6. The molecule has 15 heavy (non-hydrogen) atoms. The fourth-order valence-corrected chi connectivity index (χ4v) is 0.996. The molecular formula is C9H15N3O3. The SMILES string of the molecule is CC(C)OC(=O)CNCCc1ncno1. The molecule has 0 atom stereocenters. The molecule has 0 bridgehead atoms. The molecule has 1 N–H and O–H groups in total. The number of nitrogens with zero attached hydrogens (tertiary/aromatic N) is 2. The number of nitrogens with one attached hydrogen (secondary N) is 1. The van der Waals surface area contributed by atoms with Crippen molar-refractivity contribution in [3.8, 4) is 0 Å². The van der Waals surface area contributed by atoms with Gasteiger partial charge in [0, 0.05) is 13.0 Å². The Labute approximate surface area is 88.0 Å². The Morgan fingerprint density at radius 3 is 3.07 bits per heavy atom. The predicted molar refractivity (Wildman–Crippen MR) is 52.1 cm³/mol. The van der Waals surface area contributed by atoms with E-state index in [1.54, 1.807) is 0 Å². The molecule has 0 aliphatic carbocycles. The second-order valence-corrected chi connectivity index (χ2v) is 3.30. The minimum absolute atomic E-state index is 0.0739. The lowest BCUT2D eigenvalue weighted by Crippen LogP contribution is -2.28. The van der Waals surface area contributed by atoms with Crippen molar-refractivity contribution in [2.24, 2.45) is 0 Å². The second-order valence-electron chi connectivity index (χ2n) is 3.30. The number of carbonyl (C=O) groups excluding carboxylic acids is 1. The summed E-state index contributed by atoms with van der Waals surface area (Å²) in [6.07, 6.45) is 1.88. The van der Waals surface area contributed by atoms with Gasteiger partial charge in [-0.3, -0.25) is 4.79 Å². The molecule has 84 valence electrons. The highest BCUT2D eigenvalue weighted by atomic mass is 16.5. The van der Waals surface area contributed by atoms with Crippen LogP contribution in [-0.2, 0) is 16.0 Å². The molecule has 0 aliphatic heterocycles. The lowest BCUT2D eigenvalue weighted by Gasteiger charge is -2.07. The van der Waals surface area contributed by atoms with E-state index in [1.807, 2.05) is 13.8 Å². The number of carbonyl (C=O) groups is 1. The standard InChI is InChI=1S/C9H15N3O3/c1-7(2)14-9(13)5-10-4-3-8-11-6-12-15-8/h6-7,10H,3-5H2,1-2H3. The van der Waals surface area contributed by atoms with Gasteiger partial charge >= 0.3 is 5.97 Å². The summed E-state index contributed by atoms with van der Waals surface area (Å²) in [6, 6.07) is 0. The zero-order chi connectivity index (χ0) is 11.1. The van der Waals surface area contributed by atoms with Crippen LogP contribution in [-0.4, -0.2) is 35.3 Å². The maximum Gasteiger partial charge on any atom is 0.320 e. The van der Waals surface area contributed by atoms with Gasteiger partial charge in [0.2, 0.25) is 5.89 Å². The largest absolute Gasteiger partial charge is 0.462 e. The number of ether oxygens (including phenoxy) is 1. The first-order chi connectivity index (χ1) is 7.18. The van der Waals surface area contributed by atoms with Gasteiger partial charge in [0.05, 0.1) is 12.6 Å². The lowest BCUT2D eigenvalue weighted by molar-refractivity contribution is -0.146. The molecule has 1 aromatic heterocycles. The molecule has 6 nitrogen and oxygen atoms in total. The molecule has 0 saturated heterocycles. The third-order valence-corrected chi connectivity index (χ3v) is 1.56. The van der Waals surface area contributed by atoms with Gasteiger partial charge in [-0.05, 0) is 13.8 Å². The van der Waals surface area contributed by atoms with E-state index in [2.05, 4.69) is 15.5 Å². The van der Waals surface area contributed by atoms with Gasteiger partial charge in [-0.15, -0.1) is 0 Å². The molecule has 1 aromatic rings. The van der Waals surface area contributed by atoms with Crippen LogP contribution in [0.4, 0.5) is 0 Å². The molecule has 0 aromatic carbocycles. The average molecular weight is 213 g/mol. The summed E-state index contributed by atoms with van der Waals surface area (Å²) in [5.74, 6) is 0.301. The average Bonchev–Trinajstić information content (AvgIpc) is 2.63. The first-order valence-corrected chi connectivity index (χ1v) is 4.84. The van der Waals surface area contributed by atoms with Crippen LogP contribution in [0.1, 0.15) is 19.7 Å². The minimum atomic E-state index is -0.254. The highest BCUT2D eigenvalue weighted by molar-refractivity contribution is 5.71. The summed E-state index contributed by atoms with van der Waals surface area (Å²) in [6.45, 7) is 4.44. The zero-order valence-corrected chi connectivity index (χ0v) is 8.90. The fraction of sp³-hybridized carbons (Fsp3) is 0.667. The summed E-state index contributed by atoms with van der Waals surface area (Å²) in [7, 11) is 0. The molecule has 6 heteroatoms. The van der Waals surface area contributed by atoms with Gasteiger partial charge in [-0.1, -0.05) is 5.16 Å². The van der Waals surface area contributed by atoms with Crippen molar-refractivity contribution in [1.82, 2.24) is 15.5 Å². The van der Waals surface area contributed by atoms with Gasteiger partial charge in [0.25, 0.3) is 0 Å². The van der Waals surface area contributed by atoms with Gasteiger partial charge < -0.3 is 14.6 Å². The molecule has 0 saturated carbocycles.